The van der Waals surface area contributed by atoms with E-state index in [1.165, 1.54) is 10.9 Å². The maximum atomic E-state index is 12.7. The number of fused-ring (bicyclic) bond motifs is 2. The molecule has 1 aromatic carbocycles. The molecule has 6 nitrogen and oxygen atoms in total. The highest BCUT2D eigenvalue weighted by Crippen LogP contribution is 2.30. The Morgan fingerprint density at radius 1 is 1.29 bits per heavy atom. The summed E-state index contributed by atoms with van der Waals surface area (Å²) in [7, 11) is 0. The molecule has 0 aliphatic carbocycles. The summed E-state index contributed by atoms with van der Waals surface area (Å²) in [5, 5.41) is 12.1. The topological polar surface area (TPSA) is 62.8 Å². The number of carbonyl (C=O) groups excluding carboxylic acids is 1. The number of carbonyl (C=O) groups is 1. The van der Waals surface area contributed by atoms with Gasteiger partial charge in [0.05, 0.1) is 12.2 Å². The van der Waals surface area contributed by atoms with Crippen LogP contribution >= 0.6 is 0 Å². The molecule has 0 saturated carbocycles. The minimum atomic E-state index is -0.595. The van der Waals surface area contributed by atoms with Gasteiger partial charge in [-0.15, -0.1) is 0 Å². The van der Waals surface area contributed by atoms with Crippen LogP contribution in [0.1, 0.15) is 39.2 Å². The lowest BCUT2D eigenvalue weighted by Crippen LogP contribution is -2.71. The van der Waals surface area contributed by atoms with Gasteiger partial charge in [0.1, 0.15) is 6.23 Å². The average molecular weight is 385 g/mol. The SMILES string of the molecule is CCC(C)CN1CC2N(Cc3c[nH]c4ccccc34)CCC(=O)N2C(C)C1O. The van der Waals surface area contributed by atoms with Crippen LogP contribution in [0.2, 0.25) is 0 Å². The van der Waals surface area contributed by atoms with E-state index in [1.807, 2.05) is 17.9 Å². The molecule has 0 bridgehead atoms. The van der Waals surface area contributed by atoms with Crippen LogP contribution in [0.25, 0.3) is 10.9 Å². The lowest BCUT2D eigenvalue weighted by atomic mass is 10.0. The molecule has 2 aromatic rings. The van der Waals surface area contributed by atoms with Crippen LogP contribution in [0, 0.1) is 5.92 Å². The highest BCUT2D eigenvalue weighted by molar-refractivity contribution is 5.83. The van der Waals surface area contributed by atoms with E-state index in [-0.39, 0.29) is 18.1 Å². The first kappa shape index (κ1) is 19.4. The van der Waals surface area contributed by atoms with Gasteiger partial charge in [0, 0.05) is 49.7 Å². The number of aromatic amines is 1. The molecule has 152 valence electrons. The molecule has 2 aliphatic rings. The Bertz CT molecular complexity index is 835. The predicted octanol–water partition coefficient (Wildman–Crippen LogP) is 2.60. The van der Waals surface area contributed by atoms with Crippen molar-refractivity contribution in [2.75, 3.05) is 19.6 Å². The summed E-state index contributed by atoms with van der Waals surface area (Å²) in [5.41, 5.74) is 2.41. The van der Waals surface area contributed by atoms with Gasteiger partial charge in [-0.25, -0.2) is 0 Å². The molecule has 2 N–H and O–H groups in total. The number of nitrogens with zero attached hydrogens (tertiary/aromatic N) is 3. The molecule has 2 fully saturated rings. The molecule has 1 amide bonds. The minimum absolute atomic E-state index is 0.0115. The van der Waals surface area contributed by atoms with Crippen LogP contribution in [0.4, 0.5) is 0 Å². The number of rotatable bonds is 5. The van der Waals surface area contributed by atoms with Gasteiger partial charge in [0.25, 0.3) is 0 Å². The van der Waals surface area contributed by atoms with Gasteiger partial charge >= 0.3 is 0 Å². The zero-order valence-corrected chi connectivity index (χ0v) is 17.1. The number of piperazine rings is 1. The number of nitrogens with one attached hydrogen (secondary N) is 1. The second-order valence-corrected chi connectivity index (χ2v) is 8.48. The van der Waals surface area contributed by atoms with Crippen molar-refractivity contribution in [2.45, 2.75) is 58.6 Å². The third-order valence-corrected chi connectivity index (χ3v) is 6.58. The standard InChI is InChI=1S/C22H32N4O2/c1-4-15(2)12-25-14-20-24(10-9-21(27)26(20)16(3)22(25)28)13-17-11-23-19-8-6-5-7-18(17)19/h5-8,11,15-16,20,22-23,28H,4,9-10,12-14H2,1-3H3. The fraction of sp³-hybridized carbons (Fsp3) is 0.591. The third-order valence-electron chi connectivity index (χ3n) is 6.58. The van der Waals surface area contributed by atoms with E-state index in [9.17, 15) is 9.90 Å². The molecule has 2 saturated heterocycles. The fourth-order valence-corrected chi connectivity index (χ4v) is 4.71. The molecule has 28 heavy (non-hydrogen) atoms. The number of hydrogen-bond donors (Lipinski definition) is 2. The summed E-state index contributed by atoms with van der Waals surface area (Å²) in [6.07, 6.45) is 3.11. The Morgan fingerprint density at radius 3 is 2.86 bits per heavy atom. The van der Waals surface area contributed by atoms with Crippen LogP contribution < -0.4 is 0 Å². The Morgan fingerprint density at radius 2 is 2.07 bits per heavy atom. The Kier molecular flexibility index (Phi) is 5.45. The normalized spacial score (nSPS) is 27.9. The maximum absolute atomic E-state index is 12.7. The molecule has 1 aromatic heterocycles. The highest BCUT2D eigenvalue weighted by Gasteiger charge is 2.45. The predicted molar refractivity (Wildman–Crippen MR) is 110 cm³/mol. The summed E-state index contributed by atoms with van der Waals surface area (Å²) in [6, 6.07) is 8.16. The molecule has 4 unspecified atom stereocenters. The van der Waals surface area contributed by atoms with E-state index in [1.54, 1.807) is 0 Å². The smallest absolute Gasteiger partial charge is 0.225 e. The van der Waals surface area contributed by atoms with E-state index in [2.05, 4.69) is 53.0 Å². The molecule has 3 heterocycles. The number of aliphatic hydroxyl groups excluding tert-OH is 1. The lowest BCUT2D eigenvalue weighted by Gasteiger charge is -2.54. The van der Waals surface area contributed by atoms with E-state index < -0.39 is 6.23 Å². The first-order valence-electron chi connectivity index (χ1n) is 10.5. The summed E-state index contributed by atoms with van der Waals surface area (Å²) in [5.74, 6) is 0.685. The number of para-hydroxylation sites is 1. The monoisotopic (exact) mass is 384 g/mol. The summed E-state index contributed by atoms with van der Waals surface area (Å²) in [6.45, 7) is 9.51. The molecule has 0 radical (unpaired) electrons. The summed E-state index contributed by atoms with van der Waals surface area (Å²) in [4.78, 5) is 22.6. The number of aliphatic hydroxyl groups is 1. The Balaban J connectivity index is 1.59. The lowest BCUT2D eigenvalue weighted by molar-refractivity contribution is -0.184. The van der Waals surface area contributed by atoms with Crippen molar-refractivity contribution >= 4 is 16.8 Å². The Hall–Kier alpha value is -1.89. The van der Waals surface area contributed by atoms with Crippen LogP contribution in [0.3, 0.4) is 0 Å². The van der Waals surface area contributed by atoms with Gasteiger partial charge in [-0.3, -0.25) is 14.6 Å². The molecule has 4 rings (SSSR count). The van der Waals surface area contributed by atoms with Gasteiger partial charge in [-0.05, 0) is 24.5 Å². The van der Waals surface area contributed by atoms with Crippen LogP contribution in [0.15, 0.2) is 30.5 Å². The van der Waals surface area contributed by atoms with Crippen molar-refractivity contribution in [3.05, 3.63) is 36.0 Å². The second-order valence-electron chi connectivity index (χ2n) is 8.48. The van der Waals surface area contributed by atoms with Crippen LogP contribution in [-0.4, -0.2) is 68.8 Å². The van der Waals surface area contributed by atoms with Gasteiger partial charge in [-0.2, -0.15) is 0 Å². The molecule has 0 spiro atoms. The van der Waals surface area contributed by atoms with E-state index >= 15 is 0 Å². The molecular formula is C22H32N4O2. The highest BCUT2D eigenvalue weighted by atomic mass is 16.3. The van der Waals surface area contributed by atoms with E-state index in [0.717, 1.165) is 31.6 Å². The average Bonchev–Trinajstić information content (AvgIpc) is 3.10. The van der Waals surface area contributed by atoms with Gasteiger partial charge in [0.15, 0.2) is 0 Å². The van der Waals surface area contributed by atoms with Crippen molar-refractivity contribution in [1.29, 1.82) is 0 Å². The zero-order valence-electron chi connectivity index (χ0n) is 17.1. The summed E-state index contributed by atoms with van der Waals surface area (Å²) < 4.78 is 0. The van der Waals surface area contributed by atoms with Crippen molar-refractivity contribution < 1.29 is 9.90 Å². The molecular weight excluding hydrogens is 352 g/mol. The number of aromatic nitrogens is 1. The van der Waals surface area contributed by atoms with Gasteiger partial charge < -0.3 is 15.0 Å². The number of benzene rings is 1. The van der Waals surface area contributed by atoms with Crippen molar-refractivity contribution in [3.8, 4) is 0 Å². The second kappa shape index (κ2) is 7.85. The number of amides is 1. The van der Waals surface area contributed by atoms with Crippen LogP contribution in [0.5, 0.6) is 0 Å². The van der Waals surface area contributed by atoms with Crippen molar-refractivity contribution in [3.63, 3.8) is 0 Å². The molecule has 2 aliphatic heterocycles. The quantitative estimate of drug-likeness (QED) is 0.832. The zero-order chi connectivity index (χ0) is 19.8. The number of H-pyrrole nitrogens is 1. The maximum Gasteiger partial charge on any atom is 0.225 e. The minimum Gasteiger partial charge on any atom is -0.376 e. The van der Waals surface area contributed by atoms with Crippen molar-refractivity contribution in [2.24, 2.45) is 5.92 Å². The van der Waals surface area contributed by atoms with E-state index in [0.29, 0.717) is 18.9 Å². The molecule has 6 heteroatoms. The summed E-state index contributed by atoms with van der Waals surface area (Å²) >= 11 is 0. The first-order valence-corrected chi connectivity index (χ1v) is 10.5. The first-order chi connectivity index (χ1) is 13.5. The number of hydrogen-bond acceptors (Lipinski definition) is 4. The third kappa shape index (κ3) is 3.45. The fourth-order valence-electron chi connectivity index (χ4n) is 4.71. The largest absolute Gasteiger partial charge is 0.376 e. The Labute approximate surface area is 167 Å². The van der Waals surface area contributed by atoms with Crippen LogP contribution in [-0.2, 0) is 11.3 Å². The molecule has 4 atom stereocenters. The van der Waals surface area contributed by atoms with Gasteiger partial charge in [0.2, 0.25) is 5.91 Å². The van der Waals surface area contributed by atoms with Crippen molar-refractivity contribution in [1.82, 2.24) is 19.7 Å². The van der Waals surface area contributed by atoms with Gasteiger partial charge in [-0.1, -0.05) is 38.5 Å². The van der Waals surface area contributed by atoms with E-state index in [4.69, 9.17) is 0 Å².